The zero-order chi connectivity index (χ0) is 55.4. The van der Waals surface area contributed by atoms with Gasteiger partial charge in [-0.2, -0.15) is 13.2 Å². The first-order valence-electron chi connectivity index (χ1n) is 24.8. The van der Waals surface area contributed by atoms with Crippen LogP contribution in [0.5, 0.6) is 0 Å². The summed E-state index contributed by atoms with van der Waals surface area (Å²) < 4.78 is 140. The van der Waals surface area contributed by atoms with Crippen LogP contribution in [-0.4, -0.2) is 109 Å². The molecular weight excluding hydrogens is 1100 g/mol. The van der Waals surface area contributed by atoms with Crippen molar-refractivity contribution in [3.05, 3.63) is 137 Å². The number of aliphatic carboxylic acids is 1. The molecule has 2 aliphatic rings. The van der Waals surface area contributed by atoms with E-state index in [4.69, 9.17) is 11.6 Å². The lowest BCUT2D eigenvalue weighted by molar-refractivity contribution is -0.143. The number of sulfone groups is 1. The summed E-state index contributed by atoms with van der Waals surface area (Å²) >= 11 is 5.47. The molecule has 14 nitrogen and oxygen atoms in total. The van der Waals surface area contributed by atoms with Crippen LogP contribution in [0.4, 0.5) is 40.3 Å². The third kappa shape index (κ3) is 13.6. The molecule has 1 aromatic heterocycles. The number of carboxylic acids is 1. The molecule has 0 radical (unpaired) electrons. The van der Waals surface area contributed by atoms with Crippen molar-refractivity contribution in [2.75, 3.05) is 71.4 Å². The molecule has 2 aliphatic heterocycles. The predicted octanol–water partition coefficient (Wildman–Crippen LogP) is 11.4. The van der Waals surface area contributed by atoms with Crippen molar-refractivity contribution in [3.8, 4) is 22.4 Å². The molecule has 77 heavy (non-hydrogen) atoms. The maximum Gasteiger partial charge on any atom is 0.501 e. The molecule has 23 heteroatoms. The average molecular weight is 1160 g/mol. The molecule has 2 atom stereocenters. The number of piperidine rings is 1. The molecule has 8 rings (SSSR count). The predicted molar refractivity (Wildman–Crippen MR) is 297 cm³/mol. The number of alkyl halides is 3. The van der Waals surface area contributed by atoms with Gasteiger partial charge in [0, 0.05) is 88.8 Å². The fourth-order valence-corrected chi connectivity index (χ4v) is 13.8. The fraction of sp³-hybridized carbons (Fsp3) is 0.352. The van der Waals surface area contributed by atoms with E-state index >= 15 is 4.39 Å². The second-order valence-corrected chi connectivity index (χ2v) is 25.4. The lowest BCUT2D eigenvalue weighted by atomic mass is 9.96. The number of carbonyl (C=O) groups is 1. The second-order valence-electron chi connectivity index (χ2n) is 19.4. The van der Waals surface area contributed by atoms with Gasteiger partial charge in [-0.3, -0.25) is 9.52 Å². The third-order valence-electron chi connectivity index (χ3n) is 13.9. The Morgan fingerprint density at radius 3 is 2.06 bits per heavy atom. The van der Waals surface area contributed by atoms with Gasteiger partial charge >= 0.3 is 11.5 Å². The Bertz CT molecular complexity index is 3320. The van der Waals surface area contributed by atoms with E-state index in [2.05, 4.69) is 24.4 Å². The Morgan fingerprint density at radius 1 is 0.831 bits per heavy atom. The molecule has 2 saturated heterocycles. The second kappa shape index (κ2) is 24.2. The molecule has 0 spiro atoms. The van der Waals surface area contributed by atoms with E-state index in [0.717, 1.165) is 39.7 Å². The number of hydrogen-bond donors (Lipinski definition) is 4. The zero-order valence-electron chi connectivity index (χ0n) is 42.3. The van der Waals surface area contributed by atoms with Crippen molar-refractivity contribution in [1.29, 1.82) is 0 Å². The van der Waals surface area contributed by atoms with Crippen LogP contribution >= 0.6 is 23.4 Å². The van der Waals surface area contributed by atoms with Gasteiger partial charge in [0.2, 0.25) is 0 Å². The average Bonchev–Trinajstić information content (AvgIpc) is 3.74. The molecule has 6 aromatic rings. The number of thioether (sulfide) groups is 1. The van der Waals surface area contributed by atoms with E-state index in [0.29, 0.717) is 104 Å². The summed E-state index contributed by atoms with van der Waals surface area (Å²) in [5, 5.41) is 13.0. The van der Waals surface area contributed by atoms with Crippen LogP contribution in [0.3, 0.4) is 0 Å². The van der Waals surface area contributed by atoms with Crippen molar-refractivity contribution >= 4 is 83.0 Å². The normalized spacial score (nSPS) is 15.9. The number of rotatable bonds is 20. The first-order chi connectivity index (χ1) is 36.5. The maximum absolute atomic E-state index is 15.8. The molecule has 2 fully saturated rings. The van der Waals surface area contributed by atoms with Crippen molar-refractivity contribution in [3.63, 3.8) is 0 Å². The first-order valence-corrected chi connectivity index (χ1v) is 30.5. The maximum atomic E-state index is 15.8. The Morgan fingerprint density at radius 2 is 1.47 bits per heavy atom. The number of benzene rings is 5. The van der Waals surface area contributed by atoms with E-state index in [1.54, 1.807) is 24.3 Å². The largest absolute Gasteiger partial charge is 0.501 e. The monoisotopic (exact) mass is 1160 g/mol. The van der Waals surface area contributed by atoms with Gasteiger partial charge in [-0.15, -0.1) is 11.8 Å². The van der Waals surface area contributed by atoms with Crippen molar-refractivity contribution < 1.29 is 53.1 Å². The first kappa shape index (κ1) is 57.6. The summed E-state index contributed by atoms with van der Waals surface area (Å²) in [6.07, 6.45) is 1.24. The number of anilines is 4. The topological polar surface area (TPSA) is 182 Å². The van der Waals surface area contributed by atoms with Gasteiger partial charge in [0.15, 0.2) is 11.1 Å². The van der Waals surface area contributed by atoms with Crippen LogP contribution < -0.4 is 19.8 Å². The molecule has 412 valence electrons. The number of piperazine rings is 1. The quantitative estimate of drug-likeness (QED) is 0.0322. The number of aromatic nitrogens is 1. The fourth-order valence-electron chi connectivity index (χ4n) is 9.99. The van der Waals surface area contributed by atoms with E-state index in [-0.39, 0.29) is 17.5 Å². The highest BCUT2D eigenvalue weighted by Gasteiger charge is 2.48. The van der Waals surface area contributed by atoms with E-state index in [9.17, 15) is 48.7 Å². The summed E-state index contributed by atoms with van der Waals surface area (Å²) in [4.78, 5) is 16.6. The van der Waals surface area contributed by atoms with Crippen LogP contribution in [0.1, 0.15) is 50.4 Å². The summed E-state index contributed by atoms with van der Waals surface area (Å²) in [5.74, 6) is -1.67. The van der Waals surface area contributed by atoms with Gasteiger partial charge in [0.1, 0.15) is 10.7 Å². The van der Waals surface area contributed by atoms with Crippen molar-refractivity contribution in [1.82, 2.24) is 9.47 Å². The lowest BCUT2D eigenvalue weighted by Gasteiger charge is -2.37. The Labute approximate surface area is 458 Å². The molecule has 1 unspecified atom stereocenters. The molecule has 5 aromatic carbocycles. The summed E-state index contributed by atoms with van der Waals surface area (Å²) in [6, 6.07) is 29.5. The van der Waals surface area contributed by atoms with Crippen LogP contribution in [-0.2, 0) is 41.5 Å². The minimum atomic E-state index is -6.08. The standard InChI is InChI=1S/C54H59ClF4N6O8S4/c1-35(2)65-36(3)48(34-75(68)69)51(52(65)37-9-11-40(55)12-10-37)39-29-41(56)31-45(30-39)64-27-25-63(26-28-64)44-15-13-42(14-16-44)61-77(72,73)47-17-18-49(50(32-47)76(70,71)54(57,58)59)60-43(33-74-46-7-5-4-6-8-46)21-24-62-22-19-38(20-23-62)53(66)67/h4-18,29-32,35,38,43,60-61H,19-28,33-34H2,1-3H3,(H,66,67)(H,68,69)/t43-/m1/s1. The highest BCUT2D eigenvalue weighted by atomic mass is 35.5. The van der Waals surface area contributed by atoms with E-state index in [1.807, 2.05) is 74.2 Å². The number of nitrogens with one attached hydrogen (secondary N) is 2. The molecule has 0 aliphatic carbocycles. The highest BCUT2D eigenvalue weighted by molar-refractivity contribution is 7.99. The Hall–Kier alpha value is -5.62. The number of sulfonamides is 1. The van der Waals surface area contributed by atoms with Crippen LogP contribution in [0, 0.1) is 18.7 Å². The van der Waals surface area contributed by atoms with Gasteiger partial charge in [0.25, 0.3) is 19.9 Å². The molecule has 3 heterocycles. The van der Waals surface area contributed by atoms with Gasteiger partial charge in [-0.1, -0.05) is 41.9 Å². The Balaban J connectivity index is 0.978. The Kier molecular flexibility index (Phi) is 18.1. The van der Waals surface area contributed by atoms with Gasteiger partial charge in [0.05, 0.1) is 27.9 Å². The molecule has 0 amide bonds. The van der Waals surface area contributed by atoms with Crippen LogP contribution in [0.2, 0.25) is 5.02 Å². The SMILES string of the molecule is Cc1c(CS(=O)O)c(-c2cc(F)cc(N3CCN(c4ccc(NS(=O)(=O)c5ccc(N[C@H](CCN6CCC(C(=O)O)CC6)CSc6ccccc6)c(S(=O)(=O)C(F)(F)F)c5)cc4)CC3)c2)c(-c2ccc(Cl)cc2)n1C(C)C. The van der Waals surface area contributed by atoms with Crippen molar-refractivity contribution in [2.45, 2.75) is 78.1 Å². The lowest BCUT2D eigenvalue weighted by Crippen LogP contribution is -2.46. The highest BCUT2D eigenvalue weighted by Crippen LogP contribution is 2.44. The van der Waals surface area contributed by atoms with Crippen LogP contribution in [0.15, 0.2) is 130 Å². The molecule has 4 N–H and O–H groups in total. The van der Waals surface area contributed by atoms with Gasteiger partial charge < -0.3 is 34.2 Å². The van der Waals surface area contributed by atoms with Crippen LogP contribution in [0.25, 0.3) is 22.4 Å². The number of likely N-dealkylation sites (tertiary alicyclic amines) is 1. The van der Waals surface area contributed by atoms with Crippen molar-refractivity contribution in [2.24, 2.45) is 5.92 Å². The van der Waals surface area contributed by atoms with E-state index < -0.39 is 75.7 Å². The van der Waals surface area contributed by atoms with E-state index in [1.165, 1.54) is 36.0 Å². The minimum absolute atomic E-state index is 0.0484. The van der Waals surface area contributed by atoms with Gasteiger partial charge in [-0.05, 0) is 155 Å². The molecule has 0 saturated carbocycles. The summed E-state index contributed by atoms with van der Waals surface area (Å²) in [7, 11) is -10.7. The zero-order valence-corrected chi connectivity index (χ0v) is 46.4. The summed E-state index contributed by atoms with van der Waals surface area (Å²) in [6.45, 7) is 9.28. The number of halogens is 5. The van der Waals surface area contributed by atoms with Gasteiger partial charge in [-0.25, -0.2) is 25.4 Å². The molecule has 0 bridgehead atoms. The molecular formula is C54H59ClF4N6O8S4. The number of hydrogen-bond acceptors (Lipinski definition) is 11. The third-order valence-corrected chi connectivity index (χ3v) is 18.8. The minimum Gasteiger partial charge on any atom is -0.481 e. The summed E-state index contributed by atoms with van der Waals surface area (Å²) in [5.41, 5.74) is -0.598. The smallest absolute Gasteiger partial charge is 0.481 e. The number of carboxylic acid groups (broad SMARTS) is 1. The number of nitrogens with zero attached hydrogens (tertiary/aromatic N) is 4.